The van der Waals surface area contributed by atoms with Crippen LogP contribution in [0.3, 0.4) is 0 Å². The Bertz CT molecular complexity index is 1390. The number of aromatic nitrogens is 2. The van der Waals surface area contributed by atoms with E-state index in [1.165, 1.54) is 0 Å². The molecule has 6 nitrogen and oxygen atoms in total. The smallest absolute Gasteiger partial charge is 0.254 e. The minimum Gasteiger partial charge on any atom is -0.497 e. The number of furan rings is 1. The molecule has 0 saturated heterocycles. The fourth-order valence-electron chi connectivity index (χ4n) is 3.78. The summed E-state index contributed by atoms with van der Waals surface area (Å²) in [6.45, 7) is 0.928. The molecule has 0 unspecified atom stereocenters. The highest BCUT2D eigenvalue weighted by molar-refractivity contribution is 7.15. The molecule has 0 radical (unpaired) electrons. The number of halogens is 1. The predicted molar refractivity (Wildman–Crippen MR) is 134 cm³/mol. The van der Waals surface area contributed by atoms with Crippen molar-refractivity contribution in [3.63, 3.8) is 0 Å². The molecule has 0 fully saturated rings. The molecule has 1 amide bonds. The summed E-state index contributed by atoms with van der Waals surface area (Å²) < 4.78 is 12.8. The fourth-order valence-corrected chi connectivity index (χ4v) is 4.81. The largest absolute Gasteiger partial charge is 0.497 e. The molecule has 0 aliphatic carbocycles. The molecular weight excluding hydrogens is 470 g/mol. The van der Waals surface area contributed by atoms with Crippen LogP contribution in [0.4, 0.5) is 0 Å². The Morgan fingerprint density at radius 1 is 1.15 bits per heavy atom. The van der Waals surface area contributed by atoms with E-state index < -0.39 is 0 Å². The van der Waals surface area contributed by atoms with Gasteiger partial charge in [0, 0.05) is 46.4 Å². The van der Waals surface area contributed by atoms with Crippen molar-refractivity contribution in [2.45, 2.75) is 13.0 Å². The Balaban J connectivity index is 1.37. The van der Waals surface area contributed by atoms with Crippen molar-refractivity contribution in [1.29, 1.82) is 0 Å². The first-order chi connectivity index (χ1) is 16.6. The quantitative estimate of drug-likeness (QED) is 0.259. The zero-order chi connectivity index (χ0) is 23.5. The summed E-state index contributed by atoms with van der Waals surface area (Å²) in [4.78, 5) is 20.8. The summed E-state index contributed by atoms with van der Waals surface area (Å²) in [6, 6.07) is 18.5. The number of carbonyl (C=O) groups excluding carboxylic acids is 1. The molecule has 0 atom stereocenters. The highest BCUT2D eigenvalue weighted by Gasteiger charge is 2.19. The number of rotatable bonds is 8. The third-order valence-corrected chi connectivity index (χ3v) is 6.75. The number of thiazole rings is 1. The molecule has 0 aliphatic heterocycles. The Kier molecular flexibility index (Phi) is 6.38. The second-order valence-corrected chi connectivity index (χ2v) is 9.07. The van der Waals surface area contributed by atoms with Gasteiger partial charge in [0.2, 0.25) is 0 Å². The molecule has 0 bridgehead atoms. The average Bonchev–Trinajstić information content (AvgIpc) is 3.60. The van der Waals surface area contributed by atoms with Crippen molar-refractivity contribution in [1.82, 2.24) is 14.3 Å². The summed E-state index contributed by atoms with van der Waals surface area (Å²) in [7, 11) is 1.61. The van der Waals surface area contributed by atoms with Crippen LogP contribution in [0.5, 0.6) is 5.75 Å². The average molecular weight is 492 g/mol. The van der Waals surface area contributed by atoms with Crippen LogP contribution in [-0.4, -0.2) is 33.8 Å². The Morgan fingerprint density at radius 2 is 1.94 bits per heavy atom. The molecule has 5 rings (SSSR count). The minimum atomic E-state index is -0.0574. The molecule has 0 N–H and O–H groups in total. The molecule has 5 aromatic rings. The van der Waals surface area contributed by atoms with E-state index in [1.807, 2.05) is 42.6 Å². The molecule has 0 spiro atoms. The third-order valence-electron chi connectivity index (χ3n) is 5.61. The molecule has 3 heterocycles. The normalized spacial score (nSPS) is 11.1. The first kappa shape index (κ1) is 22.3. The summed E-state index contributed by atoms with van der Waals surface area (Å²) in [5, 5.41) is 2.79. The van der Waals surface area contributed by atoms with Gasteiger partial charge in [-0.25, -0.2) is 4.98 Å². The lowest BCUT2D eigenvalue weighted by Gasteiger charge is -2.22. The maximum absolute atomic E-state index is 13.3. The van der Waals surface area contributed by atoms with Gasteiger partial charge in [-0.1, -0.05) is 23.7 Å². The topological polar surface area (TPSA) is 60.0 Å². The zero-order valence-electron chi connectivity index (χ0n) is 18.5. The van der Waals surface area contributed by atoms with Gasteiger partial charge in [-0.3, -0.25) is 9.20 Å². The molecule has 2 aromatic carbocycles. The second kappa shape index (κ2) is 9.75. The van der Waals surface area contributed by atoms with Crippen molar-refractivity contribution in [2.75, 3.05) is 13.7 Å². The van der Waals surface area contributed by atoms with Gasteiger partial charge in [0.15, 0.2) is 4.96 Å². The minimum absolute atomic E-state index is 0.0574. The number of nitrogens with zero attached hydrogens (tertiary/aromatic N) is 3. The third kappa shape index (κ3) is 4.71. The predicted octanol–water partition coefficient (Wildman–Crippen LogP) is 6.20. The van der Waals surface area contributed by atoms with Gasteiger partial charge in [0.1, 0.15) is 11.5 Å². The zero-order valence-corrected chi connectivity index (χ0v) is 20.1. The maximum Gasteiger partial charge on any atom is 0.254 e. The Hall–Kier alpha value is -3.55. The van der Waals surface area contributed by atoms with Gasteiger partial charge in [-0.2, -0.15) is 0 Å². The number of imidazole rings is 1. The highest BCUT2D eigenvalue weighted by Crippen LogP contribution is 2.25. The van der Waals surface area contributed by atoms with Gasteiger partial charge < -0.3 is 14.1 Å². The number of ether oxygens (including phenoxy) is 1. The van der Waals surface area contributed by atoms with Gasteiger partial charge in [-0.05, 0) is 48.5 Å². The van der Waals surface area contributed by atoms with Crippen molar-refractivity contribution < 1.29 is 13.9 Å². The van der Waals surface area contributed by atoms with Gasteiger partial charge >= 0.3 is 0 Å². The van der Waals surface area contributed by atoms with E-state index in [-0.39, 0.29) is 5.91 Å². The Morgan fingerprint density at radius 3 is 2.65 bits per heavy atom. The van der Waals surface area contributed by atoms with Crippen LogP contribution in [0, 0.1) is 0 Å². The van der Waals surface area contributed by atoms with Crippen molar-refractivity contribution >= 4 is 33.8 Å². The summed E-state index contributed by atoms with van der Waals surface area (Å²) in [5.41, 5.74) is 3.61. The molecule has 8 heteroatoms. The summed E-state index contributed by atoms with van der Waals surface area (Å²) in [5.74, 6) is 1.40. The fraction of sp³-hybridized carbons (Fsp3) is 0.154. The summed E-state index contributed by atoms with van der Waals surface area (Å²) in [6.07, 6.45) is 4.34. The molecule has 172 valence electrons. The van der Waals surface area contributed by atoms with Crippen molar-refractivity contribution in [3.8, 4) is 17.0 Å². The number of hydrogen-bond donors (Lipinski definition) is 0. The number of hydrogen-bond acceptors (Lipinski definition) is 5. The van der Waals surface area contributed by atoms with E-state index in [9.17, 15) is 4.79 Å². The van der Waals surface area contributed by atoms with E-state index in [2.05, 4.69) is 9.78 Å². The number of methoxy groups -OCH3 is 1. The molecule has 0 saturated carbocycles. The number of fused-ring (bicyclic) bond motifs is 1. The lowest BCUT2D eigenvalue weighted by Crippen LogP contribution is -2.32. The van der Waals surface area contributed by atoms with E-state index in [0.717, 1.165) is 27.7 Å². The maximum atomic E-state index is 13.3. The van der Waals surface area contributed by atoms with Gasteiger partial charge in [0.25, 0.3) is 5.91 Å². The van der Waals surface area contributed by atoms with Gasteiger partial charge in [-0.15, -0.1) is 11.3 Å². The standard InChI is InChI=1S/C26H22ClN3O3S/c1-32-22-10-6-19(7-11-22)25(31)29(15-23-3-2-14-33-23)13-12-21-17-34-26-28-24(16-30(21)26)18-4-8-20(27)9-5-18/h2-11,14,16-17H,12-13,15H2,1H3. The molecule has 34 heavy (non-hydrogen) atoms. The second-order valence-electron chi connectivity index (χ2n) is 7.80. The van der Waals surface area contributed by atoms with E-state index in [0.29, 0.717) is 35.8 Å². The lowest BCUT2D eigenvalue weighted by atomic mass is 10.1. The highest BCUT2D eigenvalue weighted by atomic mass is 35.5. The van der Waals surface area contributed by atoms with Crippen LogP contribution < -0.4 is 4.74 Å². The van der Waals surface area contributed by atoms with Gasteiger partial charge in [0.05, 0.1) is 25.6 Å². The van der Waals surface area contributed by atoms with Crippen LogP contribution >= 0.6 is 22.9 Å². The van der Waals surface area contributed by atoms with Crippen molar-refractivity contribution in [2.24, 2.45) is 0 Å². The molecule has 0 aliphatic rings. The molecule has 3 aromatic heterocycles. The number of amides is 1. The van der Waals surface area contributed by atoms with E-state index in [1.54, 1.807) is 53.9 Å². The molecular formula is C26H22ClN3O3S. The first-order valence-electron chi connectivity index (χ1n) is 10.8. The number of benzene rings is 2. The summed E-state index contributed by atoms with van der Waals surface area (Å²) >= 11 is 7.61. The van der Waals surface area contributed by atoms with E-state index in [4.69, 9.17) is 25.7 Å². The van der Waals surface area contributed by atoms with E-state index >= 15 is 0 Å². The monoisotopic (exact) mass is 491 g/mol. The van der Waals surface area contributed by atoms with Crippen molar-refractivity contribution in [3.05, 3.63) is 101 Å². The Labute approximate surface area is 206 Å². The number of carbonyl (C=O) groups is 1. The van der Waals surface area contributed by atoms with Crippen LogP contribution in [0.15, 0.2) is 82.9 Å². The van der Waals surface area contributed by atoms with Crippen LogP contribution in [0.25, 0.3) is 16.2 Å². The first-order valence-corrected chi connectivity index (χ1v) is 12.0. The van der Waals surface area contributed by atoms with Crippen LogP contribution in [0.2, 0.25) is 5.02 Å². The SMILES string of the molecule is COc1ccc(C(=O)N(CCc2csc3nc(-c4ccc(Cl)cc4)cn23)Cc2ccco2)cc1. The van der Waals surface area contributed by atoms with Crippen LogP contribution in [-0.2, 0) is 13.0 Å². The lowest BCUT2D eigenvalue weighted by molar-refractivity contribution is 0.0733. The van der Waals surface area contributed by atoms with Crippen LogP contribution in [0.1, 0.15) is 21.8 Å².